The molecule has 0 bridgehead atoms. The number of rotatable bonds is 4. The third-order valence-electron chi connectivity index (χ3n) is 2.43. The van der Waals surface area contributed by atoms with Gasteiger partial charge in [-0.3, -0.25) is 10.1 Å². The minimum absolute atomic E-state index is 0.0649. The van der Waals surface area contributed by atoms with E-state index in [1.807, 2.05) is 0 Å². The minimum atomic E-state index is -1.20. The second kappa shape index (κ2) is 5.70. The van der Waals surface area contributed by atoms with E-state index in [-0.39, 0.29) is 16.1 Å². The number of aromatic carboxylic acids is 1. The molecule has 0 atom stereocenters. The number of nitro benzene ring substituents is 1. The molecule has 0 saturated heterocycles. The molecule has 2 aromatic rings. The van der Waals surface area contributed by atoms with Gasteiger partial charge >= 0.3 is 5.97 Å². The molecule has 7 heteroatoms. The number of carboxylic acid groups (broad SMARTS) is 1. The van der Waals surface area contributed by atoms with Crippen LogP contribution in [-0.4, -0.2) is 16.0 Å². The van der Waals surface area contributed by atoms with Crippen molar-refractivity contribution in [1.29, 1.82) is 0 Å². The van der Waals surface area contributed by atoms with Gasteiger partial charge in [0, 0.05) is 21.9 Å². The zero-order valence-electron chi connectivity index (χ0n) is 9.95. The first-order valence-electron chi connectivity index (χ1n) is 5.42. The Morgan fingerprint density at radius 2 is 2.00 bits per heavy atom. The highest BCUT2D eigenvalue weighted by molar-refractivity contribution is 7.99. The van der Waals surface area contributed by atoms with Gasteiger partial charge in [-0.05, 0) is 24.3 Å². The Hall–Kier alpha value is -2.41. The van der Waals surface area contributed by atoms with E-state index in [1.54, 1.807) is 6.07 Å². The normalized spacial score (nSPS) is 10.2. The highest BCUT2D eigenvalue weighted by Gasteiger charge is 2.16. The third kappa shape index (κ3) is 3.12. The lowest BCUT2D eigenvalue weighted by atomic mass is 10.2. The Morgan fingerprint density at radius 3 is 2.60 bits per heavy atom. The first kappa shape index (κ1) is 14.0. The SMILES string of the molecule is O=C(O)c1ccc([N+](=O)[O-])cc1Sc1cccc(F)c1. The summed E-state index contributed by atoms with van der Waals surface area (Å²) < 4.78 is 13.1. The Bertz CT molecular complexity index is 690. The van der Waals surface area contributed by atoms with Crippen LogP contribution in [0.15, 0.2) is 52.3 Å². The summed E-state index contributed by atoms with van der Waals surface area (Å²) in [6.07, 6.45) is 0. The molecule has 0 aliphatic carbocycles. The van der Waals surface area contributed by atoms with Gasteiger partial charge in [-0.15, -0.1) is 0 Å². The van der Waals surface area contributed by atoms with Crippen molar-refractivity contribution in [2.75, 3.05) is 0 Å². The smallest absolute Gasteiger partial charge is 0.336 e. The maximum atomic E-state index is 13.1. The zero-order chi connectivity index (χ0) is 14.7. The molecule has 0 unspecified atom stereocenters. The van der Waals surface area contributed by atoms with Crippen molar-refractivity contribution in [2.24, 2.45) is 0 Å². The number of hydrogen-bond acceptors (Lipinski definition) is 4. The molecule has 0 saturated carbocycles. The number of benzene rings is 2. The number of hydrogen-bond donors (Lipinski definition) is 1. The van der Waals surface area contributed by atoms with Crippen molar-refractivity contribution in [1.82, 2.24) is 0 Å². The van der Waals surface area contributed by atoms with Gasteiger partial charge in [0.15, 0.2) is 0 Å². The van der Waals surface area contributed by atoms with Gasteiger partial charge in [0.1, 0.15) is 5.82 Å². The van der Waals surface area contributed by atoms with Gasteiger partial charge in [0.25, 0.3) is 5.69 Å². The summed E-state index contributed by atoms with van der Waals surface area (Å²) in [5.74, 6) is -1.66. The predicted octanol–water partition coefficient (Wildman–Crippen LogP) is 3.58. The fourth-order valence-corrected chi connectivity index (χ4v) is 2.56. The third-order valence-corrected chi connectivity index (χ3v) is 3.48. The lowest BCUT2D eigenvalue weighted by molar-refractivity contribution is -0.385. The van der Waals surface area contributed by atoms with Crippen LogP contribution in [0.2, 0.25) is 0 Å². The second-order valence-electron chi connectivity index (χ2n) is 3.80. The Balaban J connectivity index is 2.44. The van der Waals surface area contributed by atoms with E-state index in [4.69, 9.17) is 5.11 Å². The van der Waals surface area contributed by atoms with Crippen LogP contribution >= 0.6 is 11.8 Å². The van der Waals surface area contributed by atoms with Crippen LogP contribution < -0.4 is 0 Å². The van der Waals surface area contributed by atoms with Crippen molar-refractivity contribution >= 4 is 23.4 Å². The fraction of sp³-hybridized carbons (Fsp3) is 0. The number of nitrogens with zero attached hydrogens (tertiary/aromatic N) is 1. The molecule has 0 fully saturated rings. The zero-order valence-corrected chi connectivity index (χ0v) is 10.8. The van der Waals surface area contributed by atoms with Gasteiger partial charge in [-0.2, -0.15) is 0 Å². The molecule has 0 heterocycles. The lowest BCUT2D eigenvalue weighted by Crippen LogP contribution is -2.00. The maximum absolute atomic E-state index is 13.1. The van der Waals surface area contributed by atoms with Gasteiger partial charge in [0.05, 0.1) is 10.5 Å². The van der Waals surface area contributed by atoms with Crippen LogP contribution in [0.4, 0.5) is 10.1 Å². The van der Waals surface area contributed by atoms with Crippen LogP contribution in [0, 0.1) is 15.9 Å². The highest BCUT2D eigenvalue weighted by atomic mass is 32.2. The van der Waals surface area contributed by atoms with Crippen LogP contribution in [0.25, 0.3) is 0 Å². The van der Waals surface area contributed by atoms with E-state index >= 15 is 0 Å². The quantitative estimate of drug-likeness (QED) is 0.688. The Kier molecular flexibility index (Phi) is 3.99. The first-order valence-corrected chi connectivity index (χ1v) is 6.24. The van der Waals surface area contributed by atoms with Crippen LogP contribution in [-0.2, 0) is 0 Å². The highest BCUT2D eigenvalue weighted by Crippen LogP contribution is 2.33. The summed E-state index contributed by atoms with van der Waals surface area (Å²) in [6, 6.07) is 9.03. The van der Waals surface area contributed by atoms with Crippen LogP contribution in [0.5, 0.6) is 0 Å². The van der Waals surface area contributed by atoms with Crippen molar-refractivity contribution < 1.29 is 19.2 Å². The Labute approximate surface area is 117 Å². The maximum Gasteiger partial charge on any atom is 0.336 e. The number of carboxylic acids is 1. The molecule has 0 aliphatic rings. The number of non-ortho nitro benzene ring substituents is 1. The molecule has 5 nitrogen and oxygen atoms in total. The second-order valence-corrected chi connectivity index (χ2v) is 4.92. The van der Waals surface area contributed by atoms with Gasteiger partial charge in [-0.25, -0.2) is 9.18 Å². The summed E-state index contributed by atoms with van der Waals surface area (Å²) in [4.78, 5) is 21.9. The summed E-state index contributed by atoms with van der Waals surface area (Å²) >= 11 is 0.963. The average Bonchev–Trinajstić information content (AvgIpc) is 2.38. The monoisotopic (exact) mass is 293 g/mol. The minimum Gasteiger partial charge on any atom is -0.478 e. The van der Waals surface area contributed by atoms with Crippen molar-refractivity contribution in [3.63, 3.8) is 0 Å². The van der Waals surface area contributed by atoms with E-state index < -0.39 is 16.7 Å². The van der Waals surface area contributed by atoms with Gasteiger partial charge < -0.3 is 5.11 Å². The van der Waals surface area contributed by atoms with E-state index in [0.717, 1.165) is 17.8 Å². The van der Waals surface area contributed by atoms with Crippen molar-refractivity contribution in [3.8, 4) is 0 Å². The molecule has 2 rings (SSSR count). The van der Waals surface area contributed by atoms with Crippen molar-refractivity contribution in [3.05, 3.63) is 64.0 Å². The largest absolute Gasteiger partial charge is 0.478 e. The molecular formula is C13H8FNO4S. The molecule has 0 radical (unpaired) electrons. The van der Waals surface area contributed by atoms with Crippen LogP contribution in [0.1, 0.15) is 10.4 Å². The summed E-state index contributed by atoms with van der Waals surface area (Å²) in [7, 11) is 0. The van der Waals surface area contributed by atoms with E-state index in [0.29, 0.717) is 4.90 Å². The van der Waals surface area contributed by atoms with E-state index in [9.17, 15) is 19.3 Å². The van der Waals surface area contributed by atoms with Gasteiger partial charge in [0.2, 0.25) is 0 Å². The molecule has 0 aliphatic heterocycles. The van der Waals surface area contributed by atoms with Gasteiger partial charge in [-0.1, -0.05) is 17.8 Å². The molecule has 1 N–H and O–H groups in total. The van der Waals surface area contributed by atoms with E-state index in [2.05, 4.69) is 0 Å². The number of nitro groups is 1. The predicted molar refractivity (Wildman–Crippen MR) is 70.6 cm³/mol. The summed E-state index contributed by atoms with van der Waals surface area (Å²) in [5, 5.41) is 19.8. The summed E-state index contributed by atoms with van der Waals surface area (Å²) in [6.45, 7) is 0. The molecule has 0 spiro atoms. The topological polar surface area (TPSA) is 80.4 Å². The molecule has 0 aromatic heterocycles. The molecule has 20 heavy (non-hydrogen) atoms. The van der Waals surface area contributed by atoms with Crippen molar-refractivity contribution in [2.45, 2.75) is 9.79 Å². The van der Waals surface area contributed by atoms with E-state index in [1.165, 1.54) is 30.3 Å². The molecular weight excluding hydrogens is 285 g/mol. The average molecular weight is 293 g/mol. The van der Waals surface area contributed by atoms with Crippen LogP contribution in [0.3, 0.4) is 0 Å². The number of halogens is 1. The lowest BCUT2D eigenvalue weighted by Gasteiger charge is -2.06. The molecule has 2 aromatic carbocycles. The molecule has 102 valence electrons. The molecule has 0 amide bonds. The summed E-state index contributed by atoms with van der Waals surface area (Å²) in [5.41, 5.74) is -0.279. The standard InChI is InChI=1S/C13H8FNO4S/c14-8-2-1-3-10(6-8)20-12-7-9(15(18)19)4-5-11(12)13(16)17/h1-7H,(H,16,17). The Morgan fingerprint density at radius 1 is 1.25 bits per heavy atom. The number of carbonyl (C=O) groups is 1. The first-order chi connectivity index (χ1) is 9.47. The fourth-order valence-electron chi connectivity index (χ4n) is 1.54.